The molecule has 4 rings (SSSR count). The summed E-state index contributed by atoms with van der Waals surface area (Å²) in [5.41, 5.74) is 2.74. The van der Waals surface area contributed by atoms with Crippen molar-refractivity contribution in [2.75, 3.05) is 13.7 Å². The quantitative estimate of drug-likeness (QED) is 0.307. The summed E-state index contributed by atoms with van der Waals surface area (Å²) in [5, 5.41) is 44.2. The van der Waals surface area contributed by atoms with Crippen molar-refractivity contribution in [2.45, 2.75) is 84.9 Å². The number of fused-ring (bicyclic) bond motifs is 3. The summed E-state index contributed by atoms with van der Waals surface area (Å²) in [5.74, 6) is -6.05. The van der Waals surface area contributed by atoms with E-state index in [2.05, 4.69) is 46.4 Å². The Labute approximate surface area is 240 Å². The van der Waals surface area contributed by atoms with Crippen LogP contribution in [0.3, 0.4) is 0 Å². The Bertz CT molecular complexity index is 1380. The number of rotatable bonds is 7. The molecule has 3 aliphatic rings. The van der Waals surface area contributed by atoms with Gasteiger partial charge in [0.25, 0.3) is 5.91 Å². The second kappa shape index (κ2) is 10.2. The van der Waals surface area contributed by atoms with Gasteiger partial charge in [0.05, 0.1) is 12.7 Å². The summed E-state index contributed by atoms with van der Waals surface area (Å²) in [7, 11) is 1.51. The van der Waals surface area contributed by atoms with Crippen LogP contribution in [0.25, 0.3) is 0 Å². The number of aliphatic hydroxyl groups excluding tert-OH is 2. The molecule has 0 saturated heterocycles. The third-order valence-corrected chi connectivity index (χ3v) is 8.86. The maximum absolute atomic E-state index is 13.8. The highest BCUT2D eigenvalue weighted by Crippen LogP contribution is 2.53. The maximum atomic E-state index is 13.8. The predicted octanol–water partition coefficient (Wildman–Crippen LogP) is 3.63. The fourth-order valence-electron chi connectivity index (χ4n) is 7.47. The summed E-state index contributed by atoms with van der Waals surface area (Å²) in [4.78, 5) is 41.1. The van der Waals surface area contributed by atoms with Crippen LogP contribution in [0.1, 0.15) is 82.3 Å². The van der Waals surface area contributed by atoms with Crippen molar-refractivity contribution in [2.24, 2.45) is 23.0 Å². The van der Waals surface area contributed by atoms with Crippen molar-refractivity contribution in [1.82, 2.24) is 4.90 Å². The molecular formula is C31H42N2O8. The average molecular weight is 571 g/mol. The number of carbonyl (C=O) groups excluding carboxylic acids is 3. The standard InChI is InChI=1S/C31H42N2O8/c1-8-33(30(5,6)14-29(2,3)4)13-16-11-19(34)22-18(25(16)41-7)10-15-9-17-12-20(35)23(28(32)39)27(38)31(17,40)26(37)21(15)24(22)36/h11,15,17,34-35,37,40H,8-10,12-14H2,1-7H3,(H2,32,39)/t15?,17-,31-/m0/s1. The zero-order valence-corrected chi connectivity index (χ0v) is 24.9. The topological polar surface area (TPSA) is 171 Å². The number of nitrogens with two attached hydrogens (primary N) is 1. The molecule has 0 spiro atoms. The van der Waals surface area contributed by atoms with E-state index in [1.807, 2.05) is 0 Å². The van der Waals surface area contributed by atoms with Crippen LogP contribution < -0.4 is 10.5 Å². The SMILES string of the molecule is CCN(Cc1cc(O)c2c(c1OC)CC1C[C@H]3CC(O)=C(C(N)=O)C(=O)[C@@]3(O)C(O)=C1C2=O)C(C)(C)CC(C)(C)C. The van der Waals surface area contributed by atoms with E-state index in [1.54, 1.807) is 0 Å². The number of carbonyl (C=O) groups is 3. The molecule has 41 heavy (non-hydrogen) atoms. The number of ether oxygens (including phenoxy) is 1. The van der Waals surface area contributed by atoms with Crippen LogP contribution in [-0.2, 0) is 22.6 Å². The number of hydrogen-bond acceptors (Lipinski definition) is 9. The number of allylic oxidation sites excluding steroid dienone is 2. The number of methoxy groups -OCH3 is 1. The van der Waals surface area contributed by atoms with Crippen LogP contribution in [0.2, 0.25) is 0 Å². The molecule has 6 N–H and O–H groups in total. The normalized spacial score (nSPS) is 24.8. The molecule has 0 saturated carbocycles. The molecular weight excluding hydrogens is 528 g/mol. The van der Waals surface area contributed by atoms with E-state index in [9.17, 15) is 34.8 Å². The molecule has 10 heteroatoms. The fraction of sp³-hybridized carbons (Fsp3) is 0.581. The van der Waals surface area contributed by atoms with E-state index < -0.39 is 52.0 Å². The van der Waals surface area contributed by atoms with E-state index in [0.717, 1.165) is 13.0 Å². The van der Waals surface area contributed by atoms with E-state index in [1.165, 1.54) is 13.2 Å². The number of benzene rings is 1. The largest absolute Gasteiger partial charge is 0.511 e. The highest BCUT2D eigenvalue weighted by atomic mass is 16.5. The van der Waals surface area contributed by atoms with Gasteiger partial charge < -0.3 is 30.9 Å². The summed E-state index contributed by atoms with van der Waals surface area (Å²) >= 11 is 0. The van der Waals surface area contributed by atoms with Crippen LogP contribution in [0.5, 0.6) is 11.5 Å². The molecule has 3 aliphatic carbocycles. The zero-order valence-electron chi connectivity index (χ0n) is 24.9. The van der Waals surface area contributed by atoms with Crippen molar-refractivity contribution in [3.8, 4) is 11.5 Å². The summed E-state index contributed by atoms with van der Waals surface area (Å²) in [6.07, 6.45) is 0.905. The Hall–Kier alpha value is -3.37. The number of nitrogens with zero attached hydrogens (tertiary/aromatic N) is 1. The van der Waals surface area contributed by atoms with Gasteiger partial charge in [-0.3, -0.25) is 19.3 Å². The van der Waals surface area contributed by atoms with Crippen LogP contribution >= 0.6 is 0 Å². The van der Waals surface area contributed by atoms with Crippen molar-refractivity contribution in [3.63, 3.8) is 0 Å². The molecule has 3 atom stereocenters. The van der Waals surface area contributed by atoms with E-state index in [4.69, 9.17) is 10.5 Å². The average Bonchev–Trinajstić information content (AvgIpc) is 2.82. The minimum atomic E-state index is -2.59. The van der Waals surface area contributed by atoms with Gasteiger partial charge in [0.2, 0.25) is 5.78 Å². The minimum absolute atomic E-state index is 0.0563. The number of ketones is 2. The first-order chi connectivity index (χ1) is 18.9. The number of phenolic OH excluding ortho intramolecular Hbond substituents is 1. The van der Waals surface area contributed by atoms with Gasteiger partial charge in [-0.15, -0.1) is 0 Å². The molecule has 0 fully saturated rings. The lowest BCUT2D eigenvalue weighted by Crippen LogP contribution is -2.57. The van der Waals surface area contributed by atoms with Crippen molar-refractivity contribution >= 4 is 17.5 Å². The molecule has 1 aromatic carbocycles. The Kier molecular flexibility index (Phi) is 7.58. The Balaban J connectivity index is 1.80. The highest BCUT2D eigenvalue weighted by Gasteiger charge is 2.59. The smallest absolute Gasteiger partial charge is 0.255 e. The van der Waals surface area contributed by atoms with E-state index in [0.29, 0.717) is 23.4 Å². The predicted molar refractivity (Wildman–Crippen MR) is 152 cm³/mol. The molecule has 1 aromatic rings. The highest BCUT2D eigenvalue weighted by molar-refractivity contribution is 6.24. The Morgan fingerprint density at radius 1 is 1.15 bits per heavy atom. The number of Topliss-reactive ketones (excluding diaryl/α,β-unsaturated/α-hetero) is 2. The van der Waals surface area contributed by atoms with Gasteiger partial charge in [-0.25, -0.2) is 0 Å². The third-order valence-electron chi connectivity index (χ3n) is 8.86. The first-order valence-corrected chi connectivity index (χ1v) is 14.0. The van der Waals surface area contributed by atoms with Crippen molar-refractivity contribution < 1.29 is 39.5 Å². The molecule has 0 aliphatic heterocycles. The first kappa shape index (κ1) is 30.6. The number of aromatic hydroxyl groups is 1. The first-order valence-electron chi connectivity index (χ1n) is 14.0. The molecule has 0 radical (unpaired) electrons. The van der Waals surface area contributed by atoms with Gasteiger partial charge in [-0.05, 0) is 57.1 Å². The van der Waals surface area contributed by atoms with Gasteiger partial charge in [0.1, 0.15) is 28.6 Å². The molecule has 0 aromatic heterocycles. The fourth-order valence-corrected chi connectivity index (χ4v) is 7.47. The summed E-state index contributed by atoms with van der Waals surface area (Å²) in [6.45, 7) is 14.2. The van der Waals surface area contributed by atoms with Gasteiger partial charge in [0, 0.05) is 41.1 Å². The number of phenols is 1. The van der Waals surface area contributed by atoms with E-state index in [-0.39, 0.29) is 47.1 Å². The second-order valence-corrected chi connectivity index (χ2v) is 13.4. The van der Waals surface area contributed by atoms with Gasteiger partial charge >= 0.3 is 0 Å². The summed E-state index contributed by atoms with van der Waals surface area (Å²) in [6, 6.07) is 1.50. The minimum Gasteiger partial charge on any atom is -0.511 e. The molecule has 1 unspecified atom stereocenters. The van der Waals surface area contributed by atoms with Gasteiger partial charge in [-0.1, -0.05) is 27.7 Å². The van der Waals surface area contributed by atoms with Crippen LogP contribution in [0, 0.1) is 17.3 Å². The summed E-state index contributed by atoms with van der Waals surface area (Å²) < 4.78 is 5.84. The van der Waals surface area contributed by atoms with Crippen LogP contribution in [-0.4, -0.2) is 67.6 Å². The maximum Gasteiger partial charge on any atom is 0.255 e. The Morgan fingerprint density at radius 3 is 2.32 bits per heavy atom. The second-order valence-electron chi connectivity index (χ2n) is 13.4. The monoisotopic (exact) mass is 570 g/mol. The van der Waals surface area contributed by atoms with Crippen molar-refractivity contribution in [3.05, 3.63) is 45.4 Å². The number of amides is 1. The third kappa shape index (κ3) is 4.91. The van der Waals surface area contributed by atoms with Crippen molar-refractivity contribution in [1.29, 1.82) is 0 Å². The molecule has 1 amide bonds. The van der Waals surface area contributed by atoms with Gasteiger partial charge in [-0.2, -0.15) is 0 Å². The molecule has 224 valence electrons. The van der Waals surface area contributed by atoms with Crippen LogP contribution in [0.15, 0.2) is 28.7 Å². The molecule has 10 nitrogen and oxygen atoms in total. The lowest BCUT2D eigenvalue weighted by molar-refractivity contribution is -0.144. The lowest BCUT2D eigenvalue weighted by atomic mass is 9.60. The lowest BCUT2D eigenvalue weighted by Gasteiger charge is -2.46. The molecule has 0 heterocycles. The number of hydrogen-bond donors (Lipinski definition) is 5. The number of aliphatic hydroxyl groups is 3. The molecule has 0 bridgehead atoms. The van der Waals surface area contributed by atoms with E-state index >= 15 is 0 Å². The Morgan fingerprint density at radius 2 is 1.78 bits per heavy atom. The van der Waals surface area contributed by atoms with Crippen LogP contribution in [0.4, 0.5) is 0 Å². The number of primary amides is 1. The van der Waals surface area contributed by atoms with Gasteiger partial charge in [0.15, 0.2) is 11.4 Å². The zero-order chi connectivity index (χ0) is 30.8.